The highest BCUT2D eigenvalue weighted by atomic mass is 16.3. The summed E-state index contributed by atoms with van der Waals surface area (Å²) in [5, 5.41) is 17.3. The molecule has 24 heavy (non-hydrogen) atoms. The molecule has 0 fully saturated rings. The molecule has 6 heteroatoms. The van der Waals surface area contributed by atoms with Crippen molar-refractivity contribution >= 4 is 16.9 Å². The Balaban J connectivity index is 1.77. The van der Waals surface area contributed by atoms with Crippen LogP contribution >= 0.6 is 0 Å². The number of carbonyl (C=O) groups excluding carboxylic acids is 1. The van der Waals surface area contributed by atoms with Gasteiger partial charge in [0.2, 0.25) is 0 Å². The fraction of sp³-hybridized carbons (Fsp3) is 0.278. The van der Waals surface area contributed by atoms with Gasteiger partial charge in [-0.1, -0.05) is 35.5 Å². The molecule has 3 aromatic rings. The third kappa shape index (κ3) is 3.44. The van der Waals surface area contributed by atoms with Crippen molar-refractivity contribution in [3.05, 3.63) is 59.7 Å². The van der Waals surface area contributed by atoms with Gasteiger partial charge < -0.3 is 10.0 Å². The van der Waals surface area contributed by atoms with Crippen molar-refractivity contribution in [1.82, 2.24) is 19.9 Å². The lowest BCUT2D eigenvalue weighted by atomic mass is 10.1. The molecule has 2 aromatic carbocycles. The molecule has 0 radical (unpaired) electrons. The van der Waals surface area contributed by atoms with Crippen molar-refractivity contribution in [3.8, 4) is 0 Å². The second-order valence-corrected chi connectivity index (χ2v) is 5.67. The third-order valence-corrected chi connectivity index (χ3v) is 4.03. The molecule has 124 valence electrons. The number of fused-ring (bicyclic) bond motifs is 1. The Hall–Kier alpha value is -2.73. The number of aromatic nitrogens is 3. The Kier molecular flexibility index (Phi) is 4.86. The van der Waals surface area contributed by atoms with Gasteiger partial charge in [0.1, 0.15) is 5.52 Å². The molecule has 1 amide bonds. The first kappa shape index (κ1) is 16.1. The summed E-state index contributed by atoms with van der Waals surface area (Å²) in [6.07, 6.45) is 0.750. The second kappa shape index (κ2) is 7.23. The molecule has 0 aliphatic heterocycles. The Morgan fingerprint density at radius 3 is 2.71 bits per heavy atom. The zero-order chi connectivity index (χ0) is 16.9. The van der Waals surface area contributed by atoms with Crippen LogP contribution in [-0.2, 0) is 13.5 Å². The Labute approximate surface area is 140 Å². The molecule has 0 aliphatic rings. The summed E-state index contributed by atoms with van der Waals surface area (Å²) in [6.45, 7) is 0.806. The van der Waals surface area contributed by atoms with E-state index in [4.69, 9.17) is 0 Å². The van der Waals surface area contributed by atoms with Gasteiger partial charge in [-0.25, -0.2) is 4.68 Å². The molecular formula is C18H20N4O2. The topological polar surface area (TPSA) is 71.2 Å². The number of hydrogen-bond donors (Lipinski definition) is 1. The number of benzene rings is 2. The molecule has 0 atom stereocenters. The van der Waals surface area contributed by atoms with Crippen molar-refractivity contribution in [2.75, 3.05) is 19.7 Å². The molecule has 0 spiro atoms. The van der Waals surface area contributed by atoms with Crippen LogP contribution in [0.2, 0.25) is 0 Å². The highest BCUT2D eigenvalue weighted by Crippen LogP contribution is 2.14. The van der Waals surface area contributed by atoms with Crippen LogP contribution in [0.3, 0.4) is 0 Å². The second-order valence-electron chi connectivity index (χ2n) is 5.67. The fourth-order valence-corrected chi connectivity index (χ4v) is 2.70. The van der Waals surface area contributed by atoms with Gasteiger partial charge in [-0.3, -0.25) is 4.79 Å². The molecule has 0 saturated carbocycles. The SMILES string of the molecule is Cn1nnc2cc(C(=O)N(CCO)CCc3ccccc3)ccc21. The van der Waals surface area contributed by atoms with Gasteiger partial charge in [0.15, 0.2) is 0 Å². The number of rotatable bonds is 6. The highest BCUT2D eigenvalue weighted by molar-refractivity contribution is 5.97. The molecule has 0 unspecified atom stereocenters. The van der Waals surface area contributed by atoms with E-state index >= 15 is 0 Å². The number of carbonyl (C=O) groups is 1. The van der Waals surface area contributed by atoms with E-state index in [-0.39, 0.29) is 12.5 Å². The number of aliphatic hydroxyl groups excluding tert-OH is 1. The zero-order valence-electron chi connectivity index (χ0n) is 13.6. The van der Waals surface area contributed by atoms with Crippen LogP contribution in [0.1, 0.15) is 15.9 Å². The van der Waals surface area contributed by atoms with Gasteiger partial charge in [-0.15, -0.1) is 5.10 Å². The van der Waals surface area contributed by atoms with Gasteiger partial charge in [-0.05, 0) is 30.2 Å². The summed E-state index contributed by atoms with van der Waals surface area (Å²) in [5.41, 5.74) is 3.29. The van der Waals surface area contributed by atoms with E-state index in [9.17, 15) is 9.90 Å². The van der Waals surface area contributed by atoms with E-state index in [2.05, 4.69) is 10.3 Å². The van der Waals surface area contributed by atoms with Gasteiger partial charge in [-0.2, -0.15) is 0 Å². The Morgan fingerprint density at radius 1 is 1.17 bits per heavy atom. The van der Waals surface area contributed by atoms with Crippen LogP contribution < -0.4 is 0 Å². The van der Waals surface area contributed by atoms with Gasteiger partial charge in [0.25, 0.3) is 5.91 Å². The van der Waals surface area contributed by atoms with Crippen LogP contribution in [0.25, 0.3) is 11.0 Å². The van der Waals surface area contributed by atoms with Crippen molar-refractivity contribution in [2.24, 2.45) is 7.05 Å². The number of aryl methyl sites for hydroxylation is 1. The molecule has 6 nitrogen and oxygen atoms in total. The molecule has 0 bridgehead atoms. The first-order chi connectivity index (χ1) is 11.7. The van der Waals surface area contributed by atoms with Crippen molar-refractivity contribution in [3.63, 3.8) is 0 Å². The predicted octanol–water partition coefficient (Wildman–Crippen LogP) is 1.65. The summed E-state index contributed by atoms with van der Waals surface area (Å²) in [6, 6.07) is 15.4. The normalized spacial score (nSPS) is 10.9. The van der Waals surface area contributed by atoms with E-state index in [1.54, 1.807) is 21.7 Å². The molecule has 1 aromatic heterocycles. The molecule has 3 rings (SSSR count). The monoisotopic (exact) mass is 324 g/mol. The van der Waals surface area contributed by atoms with Crippen LogP contribution in [0, 0.1) is 0 Å². The van der Waals surface area contributed by atoms with E-state index in [0.29, 0.717) is 24.2 Å². The first-order valence-electron chi connectivity index (χ1n) is 7.92. The fourth-order valence-electron chi connectivity index (χ4n) is 2.70. The Morgan fingerprint density at radius 2 is 1.96 bits per heavy atom. The molecule has 1 N–H and O–H groups in total. The van der Waals surface area contributed by atoms with E-state index in [0.717, 1.165) is 17.5 Å². The average molecular weight is 324 g/mol. The lowest BCUT2D eigenvalue weighted by molar-refractivity contribution is 0.0724. The zero-order valence-corrected chi connectivity index (χ0v) is 13.6. The van der Waals surface area contributed by atoms with Crippen LogP contribution in [0.5, 0.6) is 0 Å². The summed E-state index contributed by atoms with van der Waals surface area (Å²) in [4.78, 5) is 14.4. The summed E-state index contributed by atoms with van der Waals surface area (Å²) >= 11 is 0. The predicted molar refractivity (Wildman–Crippen MR) is 91.6 cm³/mol. The quantitative estimate of drug-likeness (QED) is 0.748. The summed E-state index contributed by atoms with van der Waals surface area (Å²) in [5.74, 6) is -0.104. The minimum atomic E-state index is -0.104. The molecule has 0 aliphatic carbocycles. The summed E-state index contributed by atoms with van der Waals surface area (Å²) < 4.78 is 1.67. The maximum atomic E-state index is 12.8. The maximum Gasteiger partial charge on any atom is 0.254 e. The number of hydrogen-bond acceptors (Lipinski definition) is 4. The van der Waals surface area contributed by atoms with Crippen LogP contribution in [0.4, 0.5) is 0 Å². The molecule has 1 heterocycles. The number of nitrogens with zero attached hydrogens (tertiary/aromatic N) is 4. The largest absolute Gasteiger partial charge is 0.395 e. The molecular weight excluding hydrogens is 304 g/mol. The smallest absolute Gasteiger partial charge is 0.254 e. The third-order valence-electron chi connectivity index (χ3n) is 4.03. The average Bonchev–Trinajstić information content (AvgIpc) is 2.99. The first-order valence-corrected chi connectivity index (χ1v) is 7.92. The Bertz CT molecular complexity index is 829. The molecule has 0 saturated heterocycles. The number of aliphatic hydroxyl groups is 1. The lowest BCUT2D eigenvalue weighted by Gasteiger charge is -2.22. The minimum absolute atomic E-state index is 0.0616. The van der Waals surface area contributed by atoms with E-state index in [1.807, 2.05) is 43.4 Å². The van der Waals surface area contributed by atoms with E-state index < -0.39 is 0 Å². The van der Waals surface area contributed by atoms with Gasteiger partial charge >= 0.3 is 0 Å². The lowest BCUT2D eigenvalue weighted by Crippen LogP contribution is -2.35. The van der Waals surface area contributed by atoms with E-state index in [1.165, 1.54) is 0 Å². The van der Waals surface area contributed by atoms with Crippen LogP contribution in [-0.4, -0.2) is 50.6 Å². The summed E-state index contributed by atoms with van der Waals surface area (Å²) in [7, 11) is 1.81. The van der Waals surface area contributed by atoms with Crippen molar-refractivity contribution in [1.29, 1.82) is 0 Å². The van der Waals surface area contributed by atoms with Gasteiger partial charge in [0, 0.05) is 25.7 Å². The van der Waals surface area contributed by atoms with Crippen LogP contribution in [0.15, 0.2) is 48.5 Å². The van der Waals surface area contributed by atoms with Crippen molar-refractivity contribution < 1.29 is 9.90 Å². The maximum absolute atomic E-state index is 12.8. The van der Waals surface area contributed by atoms with Crippen molar-refractivity contribution in [2.45, 2.75) is 6.42 Å². The van der Waals surface area contributed by atoms with Gasteiger partial charge in [0.05, 0.1) is 12.1 Å². The standard InChI is InChI=1S/C18H20N4O2/c1-21-17-8-7-15(13-16(17)19-20-21)18(24)22(11-12-23)10-9-14-5-3-2-4-6-14/h2-8,13,23H,9-12H2,1H3. The number of amides is 1. The minimum Gasteiger partial charge on any atom is -0.395 e. The highest BCUT2D eigenvalue weighted by Gasteiger charge is 2.16.